The summed E-state index contributed by atoms with van der Waals surface area (Å²) in [5, 5.41) is 5.13. The van der Waals surface area contributed by atoms with Crippen molar-refractivity contribution in [3.63, 3.8) is 0 Å². The number of piperidine rings is 1. The van der Waals surface area contributed by atoms with Crippen LogP contribution in [-0.2, 0) is 16.6 Å². The van der Waals surface area contributed by atoms with Crippen molar-refractivity contribution >= 4 is 27.3 Å². The first kappa shape index (κ1) is 19.0. The van der Waals surface area contributed by atoms with E-state index in [0.717, 1.165) is 43.8 Å². The number of nitrogens with two attached hydrogens (primary N) is 1. The van der Waals surface area contributed by atoms with Crippen LogP contribution in [0.3, 0.4) is 0 Å². The molecule has 1 fully saturated rings. The lowest BCUT2D eigenvalue weighted by atomic mass is 10.0. The zero-order valence-corrected chi connectivity index (χ0v) is 16.3. The minimum absolute atomic E-state index is 0.0172. The summed E-state index contributed by atoms with van der Waals surface area (Å²) in [6.45, 7) is 2.69. The molecule has 0 aliphatic carbocycles. The van der Waals surface area contributed by atoms with E-state index < -0.39 is 10.0 Å². The Morgan fingerprint density at radius 1 is 1.27 bits per heavy atom. The summed E-state index contributed by atoms with van der Waals surface area (Å²) in [7, 11) is -1.98. The summed E-state index contributed by atoms with van der Waals surface area (Å²) >= 11 is 0.926. The molecule has 6 nitrogen and oxygen atoms in total. The third kappa shape index (κ3) is 4.50. The van der Waals surface area contributed by atoms with Gasteiger partial charge in [0.2, 0.25) is 10.0 Å². The van der Waals surface area contributed by atoms with Crippen LogP contribution in [0, 0.1) is 0 Å². The van der Waals surface area contributed by atoms with E-state index in [1.807, 2.05) is 18.2 Å². The highest BCUT2D eigenvalue weighted by molar-refractivity contribution is 7.91. The minimum atomic E-state index is -3.77. The molecule has 8 heteroatoms. The average molecular weight is 394 g/mol. The monoisotopic (exact) mass is 393 g/mol. The maximum atomic E-state index is 12.7. The highest BCUT2D eigenvalue weighted by atomic mass is 32.2. The summed E-state index contributed by atoms with van der Waals surface area (Å²) in [6.07, 6.45) is 1.98. The lowest BCUT2D eigenvalue weighted by Gasteiger charge is -2.37. The quantitative estimate of drug-likeness (QED) is 0.843. The first-order chi connectivity index (χ1) is 12.3. The third-order valence-corrected chi connectivity index (χ3v) is 7.18. The maximum Gasteiger partial charge on any atom is 0.263 e. The summed E-state index contributed by atoms with van der Waals surface area (Å²) in [4.78, 5) is 17.2. The van der Waals surface area contributed by atoms with E-state index >= 15 is 0 Å². The Labute approximate surface area is 158 Å². The molecule has 1 amide bonds. The fraction of sp³-hybridized carbons (Fsp3) is 0.389. The van der Waals surface area contributed by atoms with Gasteiger partial charge in [-0.05, 0) is 37.1 Å². The van der Waals surface area contributed by atoms with Crippen LogP contribution in [-0.4, -0.2) is 50.3 Å². The van der Waals surface area contributed by atoms with Crippen molar-refractivity contribution in [1.82, 2.24) is 9.80 Å². The van der Waals surface area contributed by atoms with Crippen LogP contribution < -0.4 is 5.14 Å². The predicted molar refractivity (Wildman–Crippen MR) is 103 cm³/mol. The number of carbonyl (C=O) groups is 1. The van der Waals surface area contributed by atoms with Gasteiger partial charge in [-0.25, -0.2) is 13.6 Å². The van der Waals surface area contributed by atoms with Gasteiger partial charge in [0.1, 0.15) is 4.21 Å². The molecule has 1 aliphatic heterocycles. The van der Waals surface area contributed by atoms with Crippen LogP contribution >= 0.6 is 11.3 Å². The molecular weight excluding hydrogens is 370 g/mol. The van der Waals surface area contributed by atoms with E-state index in [-0.39, 0.29) is 16.2 Å². The predicted octanol–water partition coefficient (Wildman–Crippen LogP) is 2.13. The van der Waals surface area contributed by atoms with Crippen LogP contribution in [0.25, 0.3) is 0 Å². The number of sulfonamides is 1. The van der Waals surface area contributed by atoms with E-state index in [0.29, 0.717) is 4.88 Å². The SMILES string of the molecule is CN(C(=O)c1ccc(S(N)(=O)=O)s1)C1CCCN(Cc2ccccc2)C1. The normalized spacial score (nSPS) is 18.6. The molecule has 140 valence electrons. The summed E-state index contributed by atoms with van der Waals surface area (Å²) in [6, 6.07) is 13.3. The molecule has 0 spiro atoms. The van der Waals surface area contributed by atoms with Crippen molar-refractivity contribution in [2.24, 2.45) is 5.14 Å². The Balaban J connectivity index is 1.66. The number of amides is 1. The number of rotatable bonds is 5. The average Bonchev–Trinajstić information content (AvgIpc) is 3.12. The van der Waals surface area contributed by atoms with Crippen molar-refractivity contribution < 1.29 is 13.2 Å². The van der Waals surface area contributed by atoms with Crippen LogP contribution in [0.4, 0.5) is 0 Å². The van der Waals surface area contributed by atoms with Crippen molar-refractivity contribution in [2.45, 2.75) is 29.6 Å². The Hall–Kier alpha value is -1.74. The number of likely N-dealkylation sites (tertiary alicyclic amines) is 1. The summed E-state index contributed by atoms with van der Waals surface area (Å²) in [5.74, 6) is -0.156. The molecule has 0 bridgehead atoms. The fourth-order valence-corrected chi connectivity index (χ4v) is 4.97. The molecule has 26 heavy (non-hydrogen) atoms. The minimum Gasteiger partial charge on any atom is -0.337 e. The Morgan fingerprint density at radius 3 is 2.65 bits per heavy atom. The van der Waals surface area contributed by atoms with Gasteiger partial charge in [0.15, 0.2) is 0 Å². The zero-order chi connectivity index (χ0) is 18.7. The molecule has 1 atom stereocenters. The van der Waals surface area contributed by atoms with Crippen LogP contribution in [0.15, 0.2) is 46.7 Å². The van der Waals surface area contributed by atoms with Gasteiger partial charge in [0, 0.05) is 26.2 Å². The maximum absolute atomic E-state index is 12.7. The van der Waals surface area contributed by atoms with Crippen molar-refractivity contribution in [3.05, 3.63) is 52.9 Å². The highest BCUT2D eigenvalue weighted by Gasteiger charge is 2.28. The van der Waals surface area contributed by atoms with Gasteiger partial charge in [-0.15, -0.1) is 11.3 Å². The topological polar surface area (TPSA) is 83.7 Å². The van der Waals surface area contributed by atoms with Crippen LogP contribution in [0.5, 0.6) is 0 Å². The first-order valence-electron chi connectivity index (χ1n) is 8.50. The Morgan fingerprint density at radius 2 is 2.00 bits per heavy atom. The second-order valence-corrected chi connectivity index (χ2v) is 9.47. The molecule has 1 aromatic carbocycles. The van der Waals surface area contributed by atoms with Gasteiger partial charge < -0.3 is 4.90 Å². The second kappa shape index (κ2) is 7.87. The lowest BCUT2D eigenvalue weighted by Crippen LogP contribution is -2.48. The fourth-order valence-electron chi connectivity index (χ4n) is 3.26. The zero-order valence-electron chi connectivity index (χ0n) is 14.7. The van der Waals surface area contributed by atoms with E-state index in [4.69, 9.17) is 5.14 Å². The molecule has 0 radical (unpaired) electrons. The molecule has 0 saturated carbocycles. The van der Waals surface area contributed by atoms with Crippen LogP contribution in [0.2, 0.25) is 0 Å². The highest BCUT2D eigenvalue weighted by Crippen LogP contribution is 2.24. The van der Waals surface area contributed by atoms with E-state index in [1.165, 1.54) is 17.7 Å². The van der Waals surface area contributed by atoms with E-state index in [9.17, 15) is 13.2 Å². The summed E-state index contributed by atoms with van der Waals surface area (Å²) < 4.78 is 22.8. The largest absolute Gasteiger partial charge is 0.337 e. The number of hydrogen-bond donors (Lipinski definition) is 1. The van der Waals surface area contributed by atoms with Crippen molar-refractivity contribution in [3.8, 4) is 0 Å². The van der Waals surface area contributed by atoms with E-state index in [2.05, 4.69) is 17.0 Å². The summed E-state index contributed by atoms with van der Waals surface area (Å²) in [5.41, 5.74) is 1.26. The third-order valence-electron chi connectivity index (χ3n) is 4.67. The van der Waals surface area contributed by atoms with Crippen LogP contribution in [0.1, 0.15) is 28.1 Å². The number of benzene rings is 1. The molecular formula is C18H23N3O3S2. The standard InChI is InChI=1S/C18H23N3O3S2/c1-20(18(22)16-9-10-17(25-16)26(19,23)24)15-8-5-11-21(13-15)12-14-6-3-2-4-7-14/h2-4,6-7,9-10,15H,5,8,11-13H2,1H3,(H2,19,23,24). The number of thiophene rings is 1. The molecule has 1 aromatic heterocycles. The Kier molecular flexibility index (Phi) is 5.76. The van der Waals surface area contributed by atoms with Gasteiger partial charge in [-0.1, -0.05) is 30.3 Å². The lowest BCUT2D eigenvalue weighted by molar-refractivity contribution is 0.0614. The smallest absolute Gasteiger partial charge is 0.263 e. The van der Waals surface area contributed by atoms with Gasteiger partial charge in [0.05, 0.1) is 4.88 Å². The molecule has 1 aliphatic rings. The van der Waals surface area contributed by atoms with Gasteiger partial charge in [0.25, 0.3) is 5.91 Å². The van der Waals surface area contributed by atoms with Gasteiger partial charge in [-0.3, -0.25) is 9.69 Å². The van der Waals surface area contributed by atoms with Crippen molar-refractivity contribution in [2.75, 3.05) is 20.1 Å². The number of primary sulfonamides is 1. The first-order valence-corrected chi connectivity index (χ1v) is 10.9. The number of carbonyl (C=O) groups excluding carboxylic acids is 1. The molecule has 2 N–H and O–H groups in total. The van der Waals surface area contributed by atoms with Gasteiger partial charge in [-0.2, -0.15) is 0 Å². The number of nitrogens with zero attached hydrogens (tertiary/aromatic N) is 2. The van der Waals surface area contributed by atoms with E-state index in [1.54, 1.807) is 11.9 Å². The molecule has 3 rings (SSSR count). The molecule has 2 heterocycles. The molecule has 1 unspecified atom stereocenters. The van der Waals surface area contributed by atoms with Gasteiger partial charge >= 0.3 is 0 Å². The molecule has 2 aromatic rings. The number of hydrogen-bond acceptors (Lipinski definition) is 5. The van der Waals surface area contributed by atoms with Crippen molar-refractivity contribution in [1.29, 1.82) is 0 Å². The second-order valence-electron chi connectivity index (χ2n) is 6.60. The Bertz CT molecular complexity index is 865. The molecule has 1 saturated heterocycles. The number of likely N-dealkylation sites (N-methyl/N-ethyl adjacent to an activating group) is 1.